The molecule has 0 aliphatic heterocycles. The molecule has 0 aromatic heterocycles. The minimum atomic E-state index is -1.19. The Hall–Kier alpha value is -1.18. The summed E-state index contributed by atoms with van der Waals surface area (Å²) >= 11 is 0. The van der Waals surface area contributed by atoms with Crippen molar-refractivity contribution in [3.8, 4) is 0 Å². The fourth-order valence-corrected chi connectivity index (χ4v) is 0. The van der Waals surface area contributed by atoms with E-state index in [0.717, 1.165) is 6.54 Å². The van der Waals surface area contributed by atoms with Crippen LogP contribution in [0.4, 0.5) is 0 Å². The lowest BCUT2D eigenvalue weighted by Crippen LogP contribution is -2.08. The third-order valence-corrected chi connectivity index (χ3v) is 0.768. The number of nitrogens with zero attached hydrogens (tertiary/aromatic N) is 2. The number of aliphatic carboxylic acids is 1. The van der Waals surface area contributed by atoms with E-state index >= 15 is 0 Å². The number of rotatable bonds is 2. The van der Waals surface area contributed by atoms with Gasteiger partial charge < -0.3 is 25.1 Å². The highest BCUT2D eigenvalue weighted by molar-refractivity contribution is 5.67. The van der Waals surface area contributed by atoms with Crippen LogP contribution in [0.25, 0.3) is 0 Å². The Morgan fingerprint density at radius 2 is 1.29 bits per heavy atom. The maximum atomic E-state index is 9.12. The maximum absolute atomic E-state index is 9.12. The molecule has 0 fully saturated rings. The third-order valence-electron chi connectivity index (χ3n) is 0.768. The summed E-state index contributed by atoms with van der Waals surface area (Å²) in [7, 11) is 10.1. The molecule has 0 radical (unpaired) electrons. The Bertz CT molecular complexity index is 149. The van der Waals surface area contributed by atoms with Crippen LogP contribution in [0.3, 0.4) is 0 Å². The molecule has 0 saturated heterocycles. The second kappa shape index (κ2) is 24.2. The van der Waals surface area contributed by atoms with Crippen LogP contribution in [0.5, 0.6) is 0 Å². The van der Waals surface area contributed by atoms with Crippen molar-refractivity contribution in [1.82, 2.24) is 9.80 Å². The number of aliphatic hydroxyl groups is 1. The summed E-state index contributed by atoms with van der Waals surface area (Å²) in [4.78, 5) is 21.6. The molecule has 0 saturated carbocycles. The molecule has 106 valence electrons. The van der Waals surface area contributed by atoms with E-state index in [0.29, 0.717) is 0 Å². The van der Waals surface area contributed by atoms with Crippen molar-refractivity contribution < 1.29 is 24.9 Å². The van der Waals surface area contributed by atoms with Gasteiger partial charge in [-0.2, -0.15) is 0 Å². The number of hydrogen-bond acceptors (Lipinski definition) is 5. The van der Waals surface area contributed by atoms with Crippen LogP contribution in [0.2, 0.25) is 0 Å². The lowest BCUT2D eigenvalue weighted by atomic mass is 10.7. The first-order valence-electron chi connectivity index (χ1n) is 4.85. The summed E-state index contributed by atoms with van der Waals surface area (Å²) in [5.41, 5.74) is 0. The van der Waals surface area contributed by atoms with Gasteiger partial charge in [-0.05, 0) is 41.8 Å². The lowest BCUT2D eigenvalue weighted by molar-refractivity contribution is -0.140. The van der Waals surface area contributed by atoms with Crippen LogP contribution in [0.1, 0.15) is 6.92 Å². The van der Waals surface area contributed by atoms with Gasteiger partial charge in [0.2, 0.25) is 0 Å². The minimum Gasteiger partial charge on any atom is -0.483 e. The van der Waals surface area contributed by atoms with E-state index in [4.69, 9.17) is 24.9 Å². The highest BCUT2D eigenvalue weighted by atomic mass is 16.4. The van der Waals surface area contributed by atoms with Crippen LogP contribution in [-0.4, -0.2) is 86.0 Å². The molecular formula is C10H26N2O5. The second-order valence-corrected chi connectivity index (χ2v) is 3.39. The molecule has 3 N–H and O–H groups in total. The van der Waals surface area contributed by atoms with Gasteiger partial charge in [-0.1, -0.05) is 6.92 Å². The van der Waals surface area contributed by atoms with Gasteiger partial charge in [0.1, 0.15) is 6.61 Å². The van der Waals surface area contributed by atoms with E-state index in [1.54, 1.807) is 0 Å². The van der Waals surface area contributed by atoms with Gasteiger partial charge in [-0.25, -0.2) is 4.79 Å². The van der Waals surface area contributed by atoms with Gasteiger partial charge in [-0.15, -0.1) is 0 Å². The fraction of sp³-hybridized carbons (Fsp3) is 0.800. The molecule has 0 unspecified atom stereocenters. The van der Waals surface area contributed by atoms with E-state index in [9.17, 15) is 0 Å². The van der Waals surface area contributed by atoms with Crippen molar-refractivity contribution in [1.29, 1.82) is 0 Å². The molecule has 7 nitrogen and oxygen atoms in total. The SMILES string of the molecule is CCN(C)C.CN(C)C.O=C(O)CO.O=CO. The Balaban J connectivity index is -0.0000000676. The molecule has 0 aliphatic carbocycles. The molecule has 0 atom stereocenters. The average Bonchev–Trinajstić information content (AvgIpc) is 2.19. The van der Waals surface area contributed by atoms with E-state index in [1.165, 1.54) is 0 Å². The lowest BCUT2D eigenvalue weighted by Gasteiger charge is -2.00. The standard InChI is InChI=1S/C4H11N.C3H9N.C2H4O3.CH2O2/c1-4-5(2)3;1-4(2)3;3-1-2(4)5;2-1-3/h4H2,1-3H3;1-3H3;3H,1H2,(H,4,5);1H,(H,2,3). The molecule has 0 heterocycles. The van der Waals surface area contributed by atoms with E-state index in [2.05, 4.69) is 25.9 Å². The van der Waals surface area contributed by atoms with Crippen molar-refractivity contribution in [2.45, 2.75) is 6.92 Å². The van der Waals surface area contributed by atoms with Crippen LogP contribution >= 0.6 is 0 Å². The first-order valence-corrected chi connectivity index (χ1v) is 4.85. The molecule has 0 amide bonds. The molecule has 0 rings (SSSR count). The van der Waals surface area contributed by atoms with Crippen LogP contribution in [0, 0.1) is 0 Å². The summed E-state index contributed by atoms with van der Waals surface area (Å²) in [6.45, 7) is 2.24. The second-order valence-electron chi connectivity index (χ2n) is 3.39. The Labute approximate surface area is 103 Å². The minimum absolute atomic E-state index is 0.250. The highest BCUT2D eigenvalue weighted by Crippen LogP contribution is 1.63. The summed E-state index contributed by atoms with van der Waals surface area (Å²) in [6.07, 6.45) is 0. The van der Waals surface area contributed by atoms with Crippen LogP contribution < -0.4 is 0 Å². The van der Waals surface area contributed by atoms with E-state index in [-0.39, 0.29) is 6.47 Å². The van der Waals surface area contributed by atoms with Gasteiger partial charge in [0.15, 0.2) is 0 Å². The molecule has 0 spiro atoms. The normalized spacial score (nSPS) is 7.82. The first kappa shape index (κ1) is 24.9. The smallest absolute Gasteiger partial charge is 0.329 e. The third kappa shape index (κ3) is 306. The number of carboxylic acid groups (broad SMARTS) is 2. The number of hydrogen-bond donors (Lipinski definition) is 3. The highest BCUT2D eigenvalue weighted by Gasteiger charge is 1.82. The largest absolute Gasteiger partial charge is 0.483 e. The van der Waals surface area contributed by atoms with Crippen molar-refractivity contribution in [3.63, 3.8) is 0 Å². The molecule has 7 heteroatoms. The molecule has 0 aliphatic rings. The van der Waals surface area contributed by atoms with Crippen LogP contribution in [0.15, 0.2) is 0 Å². The quantitative estimate of drug-likeness (QED) is 0.571. The Morgan fingerprint density at radius 3 is 1.29 bits per heavy atom. The summed E-state index contributed by atoms with van der Waals surface area (Å²) in [5, 5.41) is 21.9. The van der Waals surface area contributed by atoms with Crippen molar-refractivity contribution in [2.24, 2.45) is 0 Å². The average molecular weight is 254 g/mol. The maximum Gasteiger partial charge on any atom is 0.329 e. The summed E-state index contributed by atoms with van der Waals surface area (Å²) in [5.74, 6) is -1.19. The molecule has 0 aromatic carbocycles. The Kier molecular flexibility index (Phi) is 35.4. The first-order chi connectivity index (χ1) is 7.69. The zero-order valence-electron chi connectivity index (χ0n) is 11.5. The molecular weight excluding hydrogens is 228 g/mol. The zero-order valence-corrected chi connectivity index (χ0v) is 11.5. The predicted molar refractivity (Wildman–Crippen MR) is 67.3 cm³/mol. The topological polar surface area (TPSA) is 101 Å². The zero-order chi connectivity index (χ0) is 14.9. The van der Waals surface area contributed by atoms with Crippen LogP contribution in [-0.2, 0) is 9.59 Å². The van der Waals surface area contributed by atoms with Gasteiger partial charge in [-0.3, -0.25) is 4.79 Å². The van der Waals surface area contributed by atoms with Gasteiger partial charge >= 0.3 is 5.97 Å². The fourth-order valence-electron chi connectivity index (χ4n) is 0. The summed E-state index contributed by atoms with van der Waals surface area (Å²) in [6, 6.07) is 0. The molecule has 0 bridgehead atoms. The van der Waals surface area contributed by atoms with Crippen molar-refractivity contribution in [3.05, 3.63) is 0 Å². The number of aliphatic hydroxyl groups excluding tert-OH is 1. The van der Waals surface area contributed by atoms with E-state index in [1.807, 2.05) is 26.0 Å². The number of carboxylic acids is 1. The predicted octanol–water partition coefficient (Wildman–Crippen LogP) is -0.490. The van der Waals surface area contributed by atoms with Gasteiger partial charge in [0.25, 0.3) is 6.47 Å². The van der Waals surface area contributed by atoms with E-state index < -0.39 is 12.6 Å². The van der Waals surface area contributed by atoms with Crippen molar-refractivity contribution in [2.75, 3.05) is 48.4 Å². The summed E-state index contributed by atoms with van der Waals surface area (Å²) < 4.78 is 0. The van der Waals surface area contributed by atoms with Gasteiger partial charge in [0, 0.05) is 0 Å². The Morgan fingerprint density at radius 1 is 1.18 bits per heavy atom. The van der Waals surface area contributed by atoms with Gasteiger partial charge in [0.05, 0.1) is 0 Å². The monoisotopic (exact) mass is 254 g/mol. The number of carbonyl (C=O) groups is 2. The molecule has 17 heavy (non-hydrogen) atoms. The van der Waals surface area contributed by atoms with Crippen molar-refractivity contribution >= 4 is 12.4 Å². The molecule has 0 aromatic rings.